The van der Waals surface area contributed by atoms with Crippen LogP contribution in [0.15, 0.2) is 12.1 Å². The van der Waals surface area contributed by atoms with Crippen LogP contribution in [0, 0.1) is 11.3 Å². The molecule has 0 amide bonds. The van der Waals surface area contributed by atoms with Crippen LogP contribution in [-0.4, -0.2) is 50.1 Å². The van der Waals surface area contributed by atoms with E-state index in [9.17, 15) is 9.50 Å². The average molecular weight is 380 g/mol. The molecule has 0 unspecified atom stereocenters. The van der Waals surface area contributed by atoms with Gasteiger partial charge in [-0.25, -0.2) is 0 Å². The van der Waals surface area contributed by atoms with Crippen molar-refractivity contribution in [1.82, 2.24) is 4.90 Å². The molecule has 5 heteroatoms. The van der Waals surface area contributed by atoms with Gasteiger partial charge in [-0.15, -0.1) is 0 Å². The van der Waals surface area contributed by atoms with E-state index in [0.29, 0.717) is 6.42 Å². The Morgan fingerprint density at radius 2 is 1.89 bits per heavy atom. The number of benzene rings is 1. The molecular formula is C22H34FNO3. The first-order valence-electron chi connectivity index (χ1n) is 10.1. The van der Waals surface area contributed by atoms with Crippen LogP contribution in [0.1, 0.15) is 56.7 Å². The number of hydrogen-bond donors (Lipinski definition) is 1. The Bertz CT molecular complexity index is 649. The molecule has 0 aliphatic carbocycles. The first-order valence-corrected chi connectivity index (χ1v) is 10.1. The molecule has 0 radical (unpaired) electrons. The zero-order valence-corrected chi connectivity index (χ0v) is 17.1. The second kappa shape index (κ2) is 8.36. The van der Waals surface area contributed by atoms with Crippen LogP contribution in [0.5, 0.6) is 11.5 Å². The highest BCUT2D eigenvalue weighted by Gasteiger charge is 2.39. The number of aliphatic hydroxyl groups excluding tert-OH is 1. The smallest absolute Gasteiger partial charge is 0.161 e. The van der Waals surface area contributed by atoms with Gasteiger partial charge < -0.3 is 14.6 Å². The number of halogens is 1. The predicted octanol–water partition coefficient (Wildman–Crippen LogP) is 4.15. The molecule has 27 heavy (non-hydrogen) atoms. The number of hydrogen-bond acceptors (Lipinski definition) is 4. The molecule has 0 spiro atoms. The summed E-state index contributed by atoms with van der Waals surface area (Å²) in [5, 5.41) is 10.8. The standard InChI is InChI=1S/C22H34FNO3/c1-22(2,8-9-23)7-5-16-14-24-10-6-15-11-20(26-3)21(27-4)12-17(15)18(24)13-19(16)25/h11-12,16,18-19,25H,5-10,13-14H2,1-4H3/t16-,18-,19-/m0/s1/i23+0. The minimum Gasteiger partial charge on any atom is -0.493 e. The fourth-order valence-corrected chi connectivity index (χ4v) is 4.66. The van der Waals surface area contributed by atoms with Crippen LogP contribution in [0.3, 0.4) is 0 Å². The van der Waals surface area contributed by atoms with E-state index in [1.54, 1.807) is 14.2 Å². The molecule has 0 saturated carbocycles. The number of nitrogens with zero attached hydrogens (tertiary/aromatic N) is 1. The van der Waals surface area contributed by atoms with Crippen LogP contribution in [0.4, 0.5) is 4.39 Å². The van der Waals surface area contributed by atoms with Gasteiger partial charge in [0.25, 0.3) is 0 Å². The minimum atomic E-state index is -0.313. The van der Waals surface area contributed by atoms with Gasteiger partial charge in [0.2, 0.25) is 0 Å². The third-order valence-corrected chi connectivity index (χ3v) is 6.55. The van der Waals surface area contributed by atoms with Crippen molar-refractivity contribution in [3.63, 3.8) is 0 Å². The maximum absolute atomic E-state index is 12.7. The number of alkyl halides is 1. The molecule has 1 aromatic rings. The van der Waals surface area contributed by atoms with Gasteiger partial charge in [0, 0.05) is 19.1 Å². The van der Waals surface area contributed by atoms with Gasteiger partial charge in [-0.3, -0.25) is 9.29 Å². The van der Waals surface area contributed by atoms with Crippen LogP contribution in [0.2, 0.25) is 0 Å². The highest BCUT2D eigenvalue weighted by Crippen LogP contribution is 2.44. The molecule has 2 aliphatic heterocycles. The van der Waals surface area contributed by atoms with Gasteiger partial charge in [-0.1, -0.05) is 13.8 Å². The summed E-state index contributed by atoms with van der Waals surface area (Å²) in [6.45, 7) is 5.90. The number of aliphatic hydroxyl groups is 1. The Labute approximate surface area is 162 Å². The van der Waals surface area contributed by atoms with Crippen molar-refractivity contribution in [2.75, 3.05) is 34.0 Å². The van der Waals surface area contributed by atoms with Crippen molar-refractivity contribution in [1.29, 1.82) is 0 Å². The summed E-state index contributed by atoms with van der Waals surface area (Å²) >= 11 is 0. The SMILES string of the molecule is COc1cc2c(cc1OC)[C@@H]1C[C@H](O)[C@@H](CCC(C)(C)CC[19F])CN1CC2. The molecule has 4 nitrogen and oxygen atoms in total. The lowest BCUT2D eigenvalue weighted by Gasteiger charge is -2.46. The normalized spacial score (nSPS) is 25.6. The summed E-state index contributed by atoms with van der Waals surface area (Å²) in [5.74, 6) is 1.79. The summed E-state index contributed by atoms with van der Waals surface area (Å²) in [6.07, 6.45) is 3.93. The van der Waals surface area contributed by atoms with Gasteiger partial charge in [0.15, 0.2) is 11.5 Å². The molecule has 0 aromatic heterocycles. The summed E-state index contributed by atoms with van der Waals surface area (Å²) in [4.78, 5) is 2.51. The number of rotatable bonds is 7. The molecule has 1 N–H and O–H groups in total. The van der Waals surface area contributed by atoms with E-state index in [1.807, 2.05) is 0 Å². The van der Waals surface area contributed by atoms with E-state index in [1.165, 1.54) is 11.1 Å². The van der Waals surface area contributed by atoms with Crippen LogP contribution >= 0.6 is 0 Å². The van der Waals surface area contributed by atoms with Crippen LogP contribution in [0.25, 0.3) is 0 Å². The number of methoxy groups -OCH3 is 2. The summed E-state index contributed by atoms with van der Waals surface area (Å²) in [7, 11) is 3.33. The number of ether oxygens (including phenoxy) is 2. The van der Waals surface area contributed by atoms with Crippen molar-refractivity contribution >= 4 is 0 Å². The second-order valence-electron chi connectivity index (χ2n) is 8.87. The van der Waals surface area contributed by atoms with Gasteiger partial charge >= 0.3 is 0 Å². The van der Waals surface area contributed by atoms with E-state index < -0.39 is 0 Å². The topological polar surface area (TPSA) is 41.9 Å². The lowest BCUT2D eigenvalue weighted by atomic mass is 9.76. The molecule has 1 saturated heterocycles. The Hall–Kier alpha value is -1.33. The van der Waals surface area contributed by atoms with Gasteiger partial charge in [0.1, 0.15) is 0 Å². The predicted molar refractivity (Wildman–Crippen MR) is 105 cm³/mol. The maximum atomic E-state index is 12.7. The summed E-state index contributed by atoms with van der Waals surface area (Å²) in [6, 6.07) is 4.41. The lowest BCUT2D eigenvalue weighted by molar-refractivity contribution is -0.0191. The molecule has 3 atom stereocenters. The van der Waals surface area contributed by atoms with Crippen molar-refractivity contribution < 1.29 is 19.0 Å². The highest BCUT2D eigenvalue weighted by atomic mass is 19.1. The fraction of sp³-hybridized carbons (Fsp3) is 0.727. The quantitative estimate of drug-likeness (QED) is 0.773. The monoisotopic (exact) mass is 379 g/mol. The third kappa shape index (κ3) is 4.40. The minimum absolute atomic E-state index is 0.00371. The summed E-state index contributed by atoms with van der Waals surface area (Å²) in [5.41, 5.74) is 2.56. The van der Waals surface area contributed by atoms with Crippen molar-refractivity contribution in [2.45, 2.75) is 58.1 Å². The zero-order valence-electron chi connectivity index (χ0n) is 17.1. The molecular weight excluding hydrogens is 345 g/mol. The number of piperidine rings is 1. The van der Waals surface area contributed by atoms with Crippen LogP contribution in [-0.2, 0) is 6.42 Å². The zero-order chi connectivity index (χ0) is 19.6. The Morgan fingerprint density at radius 3 is 2.56 bits per heavy atom. The molecule has 0 bridgehead atoms. The summed E-state index contributed by atoms with van der Waals surface area (Å²) < 4.78 is 23.7. The molecule has 2 aliphatic rings. The number of fused-ring (bicyclic) bond motifs is 3. The van der Waals surface area contributed by atoms with Gasteiger partial charge in [-0.2, -0.15) is 0 Å². The van der Waals surface area contributed by atoms with E-state index in [4.69, 9.17) is 9.47 Å². The van der Waals surface area contributed by atoms with Crippen molar-refractivity contribution in [2.24, 2.45) is 11.3 Å². The van der Waals surface area contributed by atoms with E-state index >= 15 is 0 Å². The first kappa shape index (κ1) is 20.4. The lowest BCUT2D eigenvalue weighted by Crippen LogP contribution is -2.48. The molecule has 2 heterocycles. The molecule has 152 valence electrons. The van der Waals surface area contributed by atoms with Gasteiger partial charge in [-0.05, 0) is 66.7 Å². The van der Waals surface area contributed by atoms with E-state index in [0.717, 1.165) is 50.3 Å². The maximum Gasteiger partial charge on any atom is 0.161 e. The third-order valence-electron chi connectivity index (χ3n) is 6.55. The molecule has 1 fully saturated rings. The molecule has 3 rings (SSSR count). The van der Waals surface area contributed by atoms with Gasteiger partial charge in [0.05, 0.1) is 27.0 Å². The van der Waals surface area contributed by atoms with Crippen LogP contribution < -0.4 is 9.47 Å². The largest absolute Gasteiger partial charge is 0.493 e. The average Bonchev–Trinajstić information content (AvgIpc) is 2.65. The van der Waals surface area contributed by atoms with Crippen molar-refractivity contribution in [3.05, 3.63) is 23.3 Å². The second-order valence-corrected chi connectivity index (χ2v) is 8.87. The Morgan fingerprint density at radius 1 is 1.19 bits per heavy atom. The fourth-order valence-electron chi connectivity index (χ4n) is 4.66. The van der Waals surface area contributed by atoms with Crippen molar-refractivity contribution in [3.8, 4) is 11.5 Å². The highest BCUT2D eigenvalue weighted by molar-refractivity contribution is 5.49. The molecule has 1 aromatic carbocycles. The van der Waals surface area contributed by atoms with E-state index in [-0.39, 0.29) is 30.2 Å². The Balaban J connectivity index is 1.72. The van der Waals surface area contributed by atoms with E-state index in [2.05, 4.69) is 30.9 Å². The Kier molecular flexibility index (Phi) is 6.32. The first-order chi connectivity index (χ1) is 12.9.